The first-order valence-electron chi connectivity index (χ1n) is 9.16. The van der Waals surface area contributed by atoms with Gasteiger partial charge in [-0.05, 0) is 56.2 Å². The fourth-order valence-corrected chi connectivity index (χ4v) is 2.70. The molecular formula is C25H31N3. The zero-order valence-electron chi connectivity index (χ0n) is 17.4. The molecule has 3 nitrogen and oxygen atoms in total. The molecular weight excluding hydrogens is 342 g/mol. The molecule has 0 aromatic heterocycles. The van der Waals surface area contributed by atoms with Crippen molar-refractivity contribution in [1.82, 2.24) is 5.32 Å². The van der Waals surface area contributed by atoms with Gasteiger partial charge in [-0.1, -0.05) is 48.6 Å². The van der Waals surface area contributed by atoms with Crippen LogP contribution in [0, 0.1) is 26.7 Å². The SMILES string of the molecule is C#C.C=C(c1ccc(C)cc1)N(C/C=C\C=C(/C)NC)c1ccc(N)cc1C. The molecule has 0 heterocycles. The second-order valence-electron chi connectivity index (χ2n) is 6.50. The highest BCUT2D eigenvalue weighted by molar-refractivity contribution is 5.80. The Bertz CT molecular complexity index is 855. The number of allylic oxidation sites excluding steroid dienone is 3. The van der Waals surface area contributed by atoms with Gasteiger partial charge in [0.05, 0.1) is 0 Å². The molecule has 0 spiro atoms. The van der Waals surface area contributed by atoms with Gasteiger partial charge in [0.25, 0.3) is 0 Å². The minimum absolute atomic E-state index is 0.727. The summed E-state index contributed by atoms with van der Waals surface area (Å²) >= 11 is 0. The maximum absolute atomic E-state index is 5.93. The van der Waals surface area contributed by atoms with Crippen molar-refractivity contribution in [1.29, 1.82) is 0 Å². The number of nitrogens with two attached hydrogens (primary N) is 1. The molecule has 0 saturated heterocycles. The molecule has 0 atom stereocenters. The van der Waals surface area contributed by atoms with E-state index in [9.17, 15) is 0 Å². The number of nitrogens with zero attached hydrogens (tertiary/aromatic N) is 1. The Morgan fingerprint density at radius 1 is 1.14 bits per heavy atom. The van der Waals surface area contributed by atoms with Gasteiger partial charge in [0.1, 0.15) is 0 Å². The lowest BCUT2D eigenvalue weighted by atomic mass is 10.1. The van der Waals surface area contributed by atoms with E-state index in [0.717, 1.165) is 40.4 Å². The molecule has 3 heteroatoms. The molecule has 0 amide bonds. The number of hydrogen-bond donors (Lipinski definition) is 2. The van der Waals surface area contributed by atoms with Crippen LogP contribution in [0.25, 0.3) is 5.70 Å². The summed E-state index contributed by atoms with van der Waals surface area (Å²) < 4.78 is 0. The molecule has 28 heavy (non-hydrogen) atoms. The van der Waals surface area contributed by atoms with Crippen LogP contribution in [0.1, 0.15) is 23.6 Å². The molecule has 0 unspecified atom stereocenters. The number of hydrogen-bond acceptors (Lipinski definition) is 3. The highest BCUT2D eigenvalue weighted by atomic mass is 15.1. The van der Waals surface area contributed by atoms with Crippen LogP contribution in [0.4, 0.5) is 11.4 Å². The molecule has 0 aliphatic rings. The molecule has 0 radical (unpaired) electrons. The third-order valence-corrected chi connectivity index (χ3v) is 4.39. The topological polar surface area (TPSA) is 41.3 Å². The van der Waals surface area contributed by atoms with E-state index in [1.54, 1.807) is 0 Å². The predicted molar refractivity (Wildman–Crippen MR) is 125 cm³/mol. The third kappa shape index (κ3) is 6.41. The molecule has 146 valence electrons. The lowest BCUT2D eigenvalue weighted by Gasteiger charge is -2.28. The average molecular weight is 374 g/mol. The van der Waals surface area contributed by atoms with Gasteiger partial charge in [0, 0.05) is 36.4 Å². The average Bonchev–Trinajstić information content (AvgIpc) is 2.70. The summed E-state index contributed by atoms with van der Waals surface area (Å²) in [7, 11) is 1.92. The van der Waals surface area contributed by atoms with Crippen LogP contribution in [-0.2, 0) is 0 Å². The van der Waals surface area contributed by atoms with Crippen molar-refractivity contribution in [3.05, 3.63) is 89.7 Å². The summed E-state index contributed by atoms with van der Waals surface area (Å²) in [6.07, 6.45) is 14.3. The van der Waals surface area contributed by atoms with Crippen molar-refractivity contribution in [2.45, 2.75) is 20.8 Å². The van der Waals surface area contributed by atoms with E-state index >= 15 is 0 Å². The van der Waals surface area contributed by atoms with Gasteiger partial charge in [0.2, 0.25) is 0 Å². The maximum Gasteiger partial charge on any atom is 0.0444 e. The number of nitrogens with one attached hydrogen (secondary N) is 1. The minimum Gasteiger partial charge on any atom is -0.399 e. The summed E-state index contributed by atoms with van der Waals surface area (Å²) in [5, 5.41) is 3.12. The van der Waals surface area contributed by atoms with Crippen LogP contribution >= 0.6 is 0 Å². The van der Waals surface area contributed by atoms with Gasteiger partial charge < -0.3 is 16.0 Å². The molecule has 2 rings (SSSR count). The third-order valence-electron chi connectivity index (χ3n) is 4.39. The van der Waals surface area contributed by atoms with Crippen LogP contribution in [0.3, 0.4) is 0 Å². The second-order valence-corrected chi connectivity index (χ2v) is 6.50. The monoisotopic (exact) mass is 373 g/mol. The van der Waals surface area contributed by atoms with Crippen molar-refractivity contribution >= 4 is 17.1 Å². The fourth-order valence-electron chi connectivity index (χ4n) is 2.70. The van der Waals surface area contributed by atoms with Gasteiger partial charge >= 0.3 is 0 Å². The summed E-state index contributed by atoms with van der Waals surface area (Å²) in [5.41, 5.74) is 13.4. The molecule has 0 bridgehead atoms. The maximum atomic E-state index is 5.93. The van der Waals surface area contributed by atoms with Gasteiger partial charge in [-0.3, -0.25) is 0 Å². The van der Waals surface area contributed by atoms with Gasteiger partial charge in [-0.2, -0.15) is 0 Å². The van der Waals surface area contributed by atoms with E-state index in [2.05, 4.69) is 92.0 Å². The molecule has 0 aliphatic carbocycles. The van der Waals surface area contributed by atoms with Crippen LogP contribution in [0.5, 0.6) is 0 Å². The zero-order chi connectivity index (χ0) is 21.1. The first-order chi connectivity index (χ1) is 13.4. The van der Waals surface area contributed by atoms with Crippen molar-refractivity contribution in [2.24, 2.45) is 0 Å². The Morgan fingerprint density at radius 3 is 2.36 bits per heavy atom. The number of benzene rings is 2. The largest absolute Gasteiger partial charge is 0.399 e. The van der Waals surface area contributed by atoms with E-state index in [1.807, 2.05) is 26.1 Å². The first kappa shape index (κ1) is 22.7. The summed E-state index contributed by atoms with van der Waals surface area (Å²) in [5.74, 6) is 0. The van der Waals surface area contributed by atoms with E-state index in [1.165, 1.54) is 5.56 Å². The summed E-state index contributed by atoms with van der Waals surface area (Å²) in [6.45, 7) is 11.3. The van der Waals surface area contributed by atoms with E-state index in [4.69, 9.17) is 5.73 Å². The Labute approximate surface area is 170 Å². The molecule has 0 saturated carbocycles. The van der Waals surface area contributed by atoms with E-state index in [-0.39, 0.29) is 0 Å². The van der Waals surface area contributed by atoms with Crippen molar-refractivity contribution < 1.29 is 0 Å². The zero-order valence-corrected chi connectivity index (χ0v) is 17.4. The highest BCUT2D eigenvalue weighted by Gasteiger charge is 2.13. The lowest BCUT2D eigenvalue weighted by Crippen LogP contribution is -2.22. The van der Waals surface area contributed by atoms with Crippen molar-refractivity contribution in [3.8, 4) is 12.8 Å². The number of anilines is 2. The Morgan fingerprint density at radius 2 is 1.79 bits per heavy atom. The molecule has 2 aromatic carbocycles. The number of rotatable bonds is 7. The number of nitrogen functional groups attached to an aromatic ring is 1. The number of terminal acetylenes is 1. The van der Waals surface area contributed by atoms with E-state index in [0.29, 0.717) is 0 Å². The smallest absolute Gasteiger partial charge is 0.0444 e. The van der Waals surface area contributed by atoms with Crippen LogP contribution in [0.15, 0.2) is 73.0 Å². The van der Waals surface area contributed by atoms with E-state index < -0.39 is 0 Å². The molecule has 2 aromatic rings. The molecule has 0 aliphatic heterocycles. The summed E-state index contributed by atoms with van der Waals surface area (Å²) in [4.78, 5) is 2.22. The van der Waals surface area contributed by atoms with Crippen LogP contribution in [-0.4, -0.2) is 13.6 Å². The number of aryl methyl sites for hydroxylation is 2. The Balaban J connectivity index is 0.00000190. The van der Waals surface area contributed by atoms with Crippen molar-refractivity contribution in [3.63, 3.8) is 0 Å². The Hall–Kier alpha value is -3.38. The molecule has 0 fully saturated rings. The first-order valence-corrected chi connectivity index (χ1v) is 9.16. The standard InChI is InChI=1S/C23H29N3.C2H2/c1-17-9-11-21(12-10-17)20(4)26(15-7-6-8-19(3)25-5)23-14-13-22(24)16-18(23)2;1-2/h6-14,16,25H,4,15,24H2,1-3,5H3;1-2H/b7-6-,19-8+;. The Kier molecular flexibility index (Phi) is 9.19. The second kappa shape index (κ2) is 11.4. The van der Waals surface area contributed by atoms with Crippen molar-refractivity contribution in [2.75, 3.05) is 24.2 Å². The molecule has 3 N–H and O–H groups in total. The van der Waals surface area contributed by atoms with Gasteiger partial charge in [-0.25, -0.2) is 0 Å². The highest BCUT2D eigenvalue weighted by Crippen LogP contribution is 2.29. The quantitative estimate of drug-likeness (QED) is 0.393. The lowest BCUT2D eigenvalue weighted by molar-refractivity contribution is 0.990. The van der Waals surface area contributed by atoms with Gasteiger partial charge in [0.15, 0.2) is 0 Å². The van der Waals surface area contributed by atoms with Gasteiger partial charge in [-0.15, -0.1) is 12.8 Å². The normalized spacial score (nSPS) is 10.9. The minimum atomic E-state index is 0.727. The van der Waals surface area contributed by atoms with Crippen LogP contribution in [0.2, 0.25) is 0 Å². The van der Waals surface area contributed by atoms with Crippen LogP contribution < -0.4 is 16.0 Å². The summed E-state index contributed by atoms with van der Waals surface area (Å²) in [6, 6.07) is 14.5. The fraction of sp³-hybridized carbons (Fsp3) is 0.200. The predicted octanol–water partition coefficient (Wildman–Crippen LogP) is 5.29.